The van der Waals surface area contributed by atoms with Gasteiger partial charge < -0.3 is 30.4 Å². The molecule has 0 fully saturated rings. The number of hydrogen-bond acceptors (Lipinski definition) is 5. The number of anilines is 3. The van der Waals surface area contributed by atoms with Crippen LogP contribution in [0.5, 0.6) is 0 Å². The Balaban J connectivity index is 0.000000202. The van der Waals surface area contributed by atoms with Crippen LogP contribution in [-0.2, 0) is 19.3 Å². The second kappa shape index (κ2) is 48.4. The van der Waals surface area contributed by atoms with Crippen LogP contribution in [0, 0.1) is 3.57 Å². The molecule has 0 saturated carbocycles. The van der Waals surface area contributed by atoms with Crippen molar-refractivity contribution in [3.8, 4) is 39.2 Å². The van der Waals surface area contributed by atoms with Gasteiger partial charge >= 0.3 is 0 Å². The van der Waals surface area contributed by atoms with Crippen LogP contribution < -0.4 is 16.6 Å². The fraction of sp³-hybridized carbons (Fsp3) is 0.104. The number of aryl methyl sites for hydroxylation is 3. The Bertz CT molecular complexity index is 6460. The summed E-state index contributed by atoms with van der Waals surface area (Å²) in [5, 5.41) is 22.6. The van der Waals surface area contributed by atoms with Crippen LogP contribution >= 0.6 is 111 Å². The Labute approximate surface area is 780 Å². The molecule has 2 aliphatic carbocycles. The molecule has 0 amide bonds. The highest BCUT2D eigenvalue weighted by Crippen LogP contribution is 2.41. The van der Waals surface area contributed by atoms with Crippen molar-refractivity contribution in [3.63, 3.8) is 0 Å². The first-order valence-electron chi connectivity index (χ1n) is 40.2. The van der Waals surface area contributed by atoms with Crippen molar-refractivity contribution in [2.75, 3.05) is 24.5 Å². The third kappa shape index (κ3) is 24.5. The SMILES string of the molecule is Brc1ccc2c(c1)[nH]c1c3ccccc3ccc21.Brc1ccc2c3c([nH]c2c1)-c1ccccc1CC3.Brc1ccc2c3ccc4ccccc4c3n(-c3ccccc3)c2c1.C.C.C.CCO.Cl.Cl.Ic1ccccc1.NNc1cccc(Br)c1.O=C1CCCc2ccccc21.[2H]CF.[2H][2H].c1ccc(-c2ccc(Nc3ccc(-c4ccccc4)cc3)cc2)cc1. The number of nitrogens with two attached hydrogens (primary N) is 1. The summed E-state index contributed by atoms with van der Waals surface area (Å²) in [6.45, 7) is 1.93. The minimum Gasteiger partial charge on any atom is -0.397 e. The molecule has 0 unspecified atom stereocenters. The number of rotatable bonds is 6. The van der Waals surface area contributed by atoms with Crippen LogP contribution in [-0.4, -0.2) is 39.2 Å². The van der Waals surface area contributed by atoms with E-state index < -0.39 is 7.15 Å². The average Bonchev–Trinajstić information content (AvgIpc) is 1.58. The number of carbonyl (C=O) groups is 1. The maximum Gasteiger partial charge on any atom is 0.163 e. The molecule has 3 heterocycles. The highest BCUT2D eigenvalue weighted by Gasteiger charge is 2.21. The number of nitrogens with zero attached hydrogens (tertiary/aromatic N) is 1. The summed E-state index contributed by atoms with van der Waals surface area (Å²) in [6, 6.07) is 128. The highest BCUT2D eigenvalue weighted by atomic mass is 127. The number of aliphatic hydroxyl groups excluding tert-OH is 1. The van der Waals surface area contributed by atoms with Crippen molar-refractivity contribution >= 4 is 210 Å². The van der Waals surface area contributed by atoms with E-state index in [1.54, 1.807) is 6.92 Å². The van der Waals surface area contributed by atoms with Crippen LogP contribution in [0.15, 0.2) is 388 Å². The summed E-state index contributed by atoms with van der Waals surface area (Å²) in [6.07, 6.45) is 5.11. The van der Waals surface area contributed by atoms with Crippen molar-refractivity contribution < 1.29 is 18.6 Å². The van der Waals surface area contributed by atoms with Crippen LogP contribution in [0.1, 0.15) is 73.4 Å². The van der Waals surface area contributed by atoms with E-state index in [2.05, 4.69) is 403 Å². The number of nitrogen functional groups attached to an aromatic ring is 1. The van der Waals surface area contributed by atoms with Gasteiger partial charge in [0.2, 0.25) is 0 Å². The van der Waals surface area contributed by atoms with Gasteiger partial charge in [-0.15, -0.1) is 24.8 Å². The molecule has 0 spiro atoms. The molecule has 19 aromatic rings. The lowest BCUT2D eigenvalue weighted by molar-refractivity contribution is 0.0972. The Morgan fingerprint density at radius 1 is 0.443 bits per heavy atom. The van der Waals surface area contributed by atoms with E-state index in [0.29, 0.717) is 5.78 Å². The van der Waals surface area contributed by atoms with Gasteiger partial charge in [-0.1, -0.05) is 353 Å². The number of alkyl halides is 1. The fourth-order valence-corrected chi connectivity index (χ4v) is 16.6. The number of para-hydroxylation sites is 1. The van der Waals surface area contributed by atoms with Crippen molar-refractivity contribution in [1.82, 2.24) is 14.5 Å². The molecule has 7 N–H and O–H groups in total. The van der Waals surface area contributed by atoms with Crippen molar-refractivity contribution in [3.05, 3.63) is 414 Å². The molecule has 21 rings (SSSR count). The fourth-order valence-electron chi connectivity index (χ4n) is 14.7. The molecule has 0 aliphatic heterocycles. The summed E-state index contributed by atoms with van der Waals surface area (Å²) < 4.78 is 33.5. The van der Waals surface area contributed by atoms with Crippen molar-refractivity contribution in [1.29, 1.82) is 0 Å². The first-order chi connectivity index (χ1) is 58.8. The number of hydrazine groups is 1. The third-order valence-electron chi connectivity index (χ3n) is 20.1. The second-order valence-corrected chi connectivity index (χ2v) is 32.5. The molecule has 0 radical (unpaired) electrons. The maximum atomic E-state index is 11.3. The standard InChI is InChI=1S/C24H19N.C22H14BrN.C16H12BrN.C16H10BrN.C10H10O.C6H7BrN2.C6H5I.C2H6O.CH3F.3CH4.2ClH.H2/c1-3-7-19(8-4-1)21-11-15-23(16-12-21)25-24-17-13-22(14-18-24)20-9-5-2-6-10-20;23-16-11-13-19-20-12-10-15-6-4-5-9-18(15)22(20)24(21(19)14-16)17-7-2-1-3-8-17;2*17-11-6-8-13-14-7-5-10-3-1-2-4-12(10)16(14)18-15(13)9-11;11-10-7-3-5-8-4-1-2-6-9(8)10;7-5-2-1-3-6(4-5)9-8;7-6-4-2-1-3-5-6;1-2-3;1-2;;;;;;/h1-18,25H;1-14H;1-4,6,8-9,18H,5,7H2;1-9,18H;1-2,4,6H,3,5,7H2;1-4,9H,8H2;1-5H;3H,2H2,1H3;1H3;3*1H4;3*1H/i;;;;;;;;1D;;;;;;1+1D. The van der Waals surface area contributed by atoms with Crippen LogP contribution in [0.25, 0.3) is 115 Å². The lowest BCUT2D eigenvalue weighted by atomic mass is 9.89. The minimum absolute atomic E-state index is 0. The number of halogens is 8. The first-order valence-corrected chi connectivity index (χ1v) is 42.8. The van der Waals surface area contributed by atoms with Gasteiger partial charge in [0.1, 0.15) is 0 Å². The van der Waals surface area contributed by atoms with Gasteiger partial charge in [0.15, 0.2) is 5.78 Å². The number of aromatic amines is 2. The summed E-state index contributed by atoms with van der Waals surface area (Å²) in [5.74, 6) is 5.46. The zero-order valence-corrected chi connectivity index (χ0v) is 75.3. The molecule has 624 valence electrons. The number of carbonyl (C=O) groups excluding carboxylic acids is 1. The zero-order chi connectivity index (χ0) is 84.1. The van der Waals surface area contributed by atoms with Crippen LogP contribution in [0.3, 0.4) is 0 Å². The highest BCUT2D eigenvalue weighted by molar-refractivity contribution is 14.1. The molecule has 122 heavy (non-hydrogen) atoms. The summed E-state index contributed by atoms with van der Waals surface area (Å²) in [5.41, 5.74) is 25.6. The molecule has 16 heteroatoms. The van der Waals surface area contributed by atoms with Crippen molar-refractivity contribution in [2.24, 2.45) is 5.84 Å². The Hall–Kier alpha value is -10.5. The number of aromatic nitrogens is 3. The monoisotopic (exact) mass is 2030 g/mol. The van der Waals surface area contributed by atoms with Gasteiger partial charge in [-0.05, 0) is 208 Å². The molecular formula is C106H102Br4Cl2FIN6O2. The van der Waals surface area contributed by atoms with E-state index in [1.807, 2.05) is 78.9 Å². The number of ketones is 1. The molecule has 3 aromatic heterocycles. The minimum atomic E-state index is -1.00. The number of hydrogen-bond donors (Lipinski definition) is 6. The van der Waals surface area contributed by atoms with E-state index >= 15 is 0 Å². The van der Waals surface area contributed by atoms with Gasteiger partial charge in [0.05, 0.1) is 25.1 Å². The Kier molecular flexibility index (Phi) is 37.2. The average molecular weight is 2030 g/mol. The van der Waals surface area contributed by atoms with E-state index in [0.717, 1.165) is 72.6 Å². The van der Waals surface area contributed by atoms with Gasteiger partial charge in [-0.25, -0.2) is 0 Å². The Morgan fingerprint density at radius 3 is 1.43 bits per heavy atom. The lowest BCUT2D eigenvalue weighted by Gasteiger charge is -2.16. The topological polar surface area (TPSA) is 124 Å². The summed E-state index contributed by atoms with van der Waals surface area (Å²) in [4.78, 5) is 18.4. The molecule has 0 atom stereocenters. The number of benzene rings is 16. The molecule has 2 aliphatic rings. The molecule has 0 saturated heterocycles. The number of fused-ring (bicyclic) bond motifs is 16. The largest absolute Gasteiger partial charge is 0.397 e. The van der Waals surface area contributed by atoms with Crippen LogP contribution in [0.2, 0.25) is 0 Å². The predicted octanol–water partition coefficient (Wildman–Crippen LogP) is 33.2. The van der Waals surface area contributed by atoms with Gasteiger partial charge in [-0.2, -0.15) is 0 Å². The van der Waals surface area contributed by atoms with E-state index in [1.165, 1.54) is 136 Å². The zero-order valence-electron chi connectivity index (χ0n) is 68.1. The smallest absolute Gasteiger partial charge is 0.163 e. The number of H-pyrrole nitrogens is 2. The quantitative estimate of drug-likeness (QED) is 0.0562. The van der Waals surface area contributed by atoms with Gasteiger partial charge in [0, 0.05) is 126 Å². The molecule has 0 bridgehead atoms. The van der Waals surface area contributed by atoms with Crippen molar-refractivity contribution in [2.45, 2.75) is 61.3 Å². The van der Waals surface area contributed by atoms with E-state index in [9.17, 15) is 9.18 Å². The normalized spacial score (nSPS) is 11.1. The second-order valence-electron chi connectivity index (χ2n) is 27.6. The number of aliphatic hydroxyl groups is 1. The van der Waals surface area contributed by atoms with E-state index in [4.69, 9.17) is 15.3 Å². The van der Waals surface area contributed by atoms with Gasteiger partial charge in [0.25, 0.3) is 0 Å². The molecular weight excluding hydrogens is 1930 g/mol. The van der Waals surface area contributed by atoms with E-state index in [-0.39, 0.29) is 53.7 Å². The third-order valence-corrected chi connectivity index (χ3v) is 22.7. The lowest BCUT2D eigenvalue weighted by Crippen LogP contribution is -2.09. The number of Topliss-reactive ketones (excluding diaryl/α,β-unsaturated/α-hetero) is 1. The first kappa shape index (κ1) is 93.8. The van der Waals surface area contributed by atoms with Crippen LogP contribution in [0.4, 0.5) is 21.5 Å². The maximum absolute atomic E-state index is 11.3. The van der Waals surface area contributed by atoms with Gasteiger partial charge in [-0.3, -0.25) is 15.0 Å². The molecule has 16 aromatic carbocycles. The molecule has 8 nitrogen and oxygen atoms in total. The summed E-state index contributed by atoms with van der Waals surface area (Å²) in [7, 11) is -1.00. The summed E-state index contributed by atoms with van der Waals surface area (Å²) >= 11 is 16.3. The number of nitrogens with one attached hydrogen (secondary N) is 4. The predicted molar refractivity (Wildman–Crippen MR) is 554 cm³/mol. The Morgan fingerprint density at radius 2 is 0.885 bits per heavy atom.